The van der Waals surface area contributed by atoms with Crippen molar-refractivity contribution in [1.29, 1.82) is 0 Å². The van der Waals surface area contributed by atoms with Crippen LogP contribution in [0, 0.1) is 0 Å². The first-order chi connectivity index (χ1) is 10.9. The minimum atomic E-state index is -1.05. The van der Waals surface area contributed by atoms with Gasteiger partial charge in [0.05, 0.1) is 13.1 Å². The summed E-state index contributed by atoms with van der Waals surface area (Å²) < 4.78 is 8.50. The van der Waals surface area contributed by atoms with Crippen molar-refractivity contribution in [2.45, 2.75) is 77.9 Å². The van der Waals surface area contributed by atoms with E-state index in [0.29, 0.717) is 18.9 Å². The lowest BCUT2D eigenvalue weighted by Gasteiger charge is -2.25. The van der Waals surface area contributed by atoms with Crippen molar-refractivity contribution in [1.82, 2.24) is 0 Å². The highest BCUT2D eigenvalue weighted by Gasteiger charge is 2.22. The molecule has 124 valence electrons. The highest BCUT2D eigenvalue weighted by atomic mass is 16.3. The number of allylic oxidation sites excluding steroid dienone is 1. The first-order valence-corrected chi connectivity index (χ1v) is 8.58. The summed E-state index contributed by atoms with van der Waals surface area (Å²) in [4.78, 5) is 0. The van der Waals surface area contributed by atoms with Gasteiger partial charge in [0.15, 0.2) is 0 Å². The predicted molar refractivity (Wildman–Crippen MR) is 94.7 cm³/mol. The summed E-state index contributed by atoms with van der Waals surface area (Å²) in [5.41, 5.74) is 1.53. The highest BCUT2D eigenvalue weighted by molar-refractivity contribution is 5.65. The Labute approximate surface area is 137 Å². The highest BCUT2D eigenvalue weighted by Crippen LogP contribution is 2.28. The van der Waals surface area contributed by atoms with E-state index in [2.05, 4.69) is 6.92 Å². The summed E-state index contributed by atoms with van der Waals surface area (Å²) >= 11 is 0. The second kappa shape index (κ2) is 9.12. The smallest absolute Gasteiger partial charge is 0.0833 e. The molecule has 0 aromatic heterocycles. The second-order valence-corrected chi connectivity index (χ2v) is 6.21. The van der Waals surface area contributed by atoms with E-state index in [1.54, 1.807) is 0 Å². The zero-order chi connectivity index (χ0) is 17.5. The Balaban J connectivity index is 3.19. The van der Waals surface area contributed by atoms with Crippen molar-refractivity contribution >= 4 is 5.57 Å². The van der Waals surface area contributed by atoms with Gasteiger partial charge < -0.3 is 10.2 Å². The van der Waals surface area contributed by atoms with E-state index in [1.165, 1.54) is 0 Å². The summed E-state index contributed by atoms with van der Waals surface area (Å²) in [5, 5.41) is 21.1. The number of hydrogen-bond donors (Lipinski definition) is 2. The minimum Gasteiger partial charge on any atom is -0.388 e. The van der Waals surface area contributed by atoms with Crippen LogP contribution in [0.25, 0.3) is 5.57 Å². The number of aliphatic hydroxyl groups is 2. The quantitative estimate of drug-likeness (QED) is 0.653. The molecule has 2 nitrogen and oxygen atoms in total. The molecule has 0 saturated heterocycles. The average molecular weight is 305 g/mol. The Morgan fingerprint density at radius 3 is 2.41 bits per heavy atom. The normalized spacial score (nSPS) is 15.3. The van der Waals surface area contributed by atoms with Gasteiger partial charge in [0.1, 0.15) is 0 Å². The lowest BCUT2D eigenvalue weighted by Crippen LogP contribution is -2.25. The Morgan fingerprint density at radius 2 is 1.86 bits per heavy atom. The van der Waals surface area contributed by atoms with Gasteiger partial charge in [-0.1, -0.05) is 58.2 Å². The molecule has 1 aromatic carbocycles. The molecule has 0 aliphatic heterocycles. The standard InChI is InChI=1S/C20H32O2/c1-5-9-19(21)18-11-8-10-17(14-18)16(4)15-20(22,12-6-2)13-7-3/h8,10-11,14-15,19,21-22H,5-7,9,12-13H2,1-4H3/b16-15+/i15D. The third-order valence-corrected chi connectivity index (χ3v) is 4.01. The fourth-order valence-electron chi connectivity index (χ4n) is 2.92. The van der Waals surface area contributed by atoms with Crippen LogP contribution < -0.4 is 0 Å². The monoisotopic (exact) mass is 305 g/mol. The zero-order valence-corrected chi connectivity index (χ0v) is 14.5. The topological polar surface area (TPSA) is 40.5 Å². The van der Waals surface area contributed by atoms with E-state index in [9.17, 15) is 10.2 Å². The molecular weight excluding hydrogens is 272 g/mol. The van der Waals surface area contributed by atoms with E-state index in [-0.39, 0.29) is 0 Å². The second-order valence-electron chi connectivity index (χ2n) is 6.21. The van der Waals surface area contributed by atoms with Crippen LogP contribution in [-0.4, -0.2) is 15.8 Å². The number of benzene rings is 1. The van der Waals surface area contributed by atoms with Gasteiger partial charge in [-0.05, 0) is 55.0 Å². The number of rotatable bonds is 9. The van der Waals surface area contributed by atoms with Gasteiger partial charge in [0.25, 0.3) is 0 Å². The molecule has 0 aliphatic rings. The fraction of sp³-hybridized carbons (Fsp3) is 0.600. The average Bonchev–Trinajstić information content (AvgIpc) is 2.54. The van der Waals surface area contributed by atoms with Crippen LogP contribution in [0.15, 0.2) is 30.3 Å². The van der Waals surface area contributed by atoms with Crippen molar-refractivity contribution < 1.29 is 11.6 Å². The van der Waals surface area contributed by atoms with Gasteiger partial charge >= 0.3 is 0 Å². The summed E-state index contributed by atoms with van der Waals surface area (Å²) in [5.74, 6) is 0. The largest absolute Gasteiger partial charge is 0.388 e. The van der Waals surface area contributed by atoms with Gasteiger partial charge in [-0.15, -0.1) is 0 Å². The van der Waals surface area contributed by atoms with Crippen LogP contribution in [-0.2, 0) is 0 Å². The SMILES string of the molecule is [2H]/C(=C(/C)c1cccc(C(O)CCC)c1)C(O)(CCC)CCC. The molecule has 0 heterocycles. The first-order valence-electron chi connectivity index (χ1n) is 9.08. The third-order valence-electron chi connectivity index (χ3n) is 4.01. The summed E-state index contributed by atoms with van der Waals surface area (Å²) in [6, 6.07) is 8.04. The maximum Gasteiger partial charge on any atom is 0.0833 e. The molecule has 0 amide bonds. The molecule has 0 saturated carbocycles. The van der Waals surface area contributed by atoms with Gasteiger partial charge in [0, 0.05) is 0 Å². The molecule has 2 N–H and O–H groups in total. The summed E-state index contributed by atoms with van der Waals surface area (Å²) in [6.07, 6.45) is 4.10. The van der Waals surface area contributed by atoms with Crippen molar-refractivity contribution in [2.24, 2.45) is 0 Å². The van der Waals surface area contributed by atoms with Crippen LogP contribution in [0.2, 0.25) is 0 Å². The van der Waals surface area contributed by atoms with Gasteiger partial charge in [0.2, 0.25) is 0 Å². The van der Waals surface area contributed by atoms with Crippen molar-refractivity contribution in [3.05, 3.63) is 41.4 Å². The van der Waals surface area contributed by atoms with E-state index in [4.69, 9.17) is 1.37 Å². The molecule has 0 spiro atoms. The van der Waals surface area contributed by atoms with Crippen molar-refractivity contribution in [2.75, 3.05) is 0 Å². The molecule has 22 heavy (non-hydrogen) atoms. The zero-order valence-electron chi connectivity index (χ0n) is 15.5. The Bertz CT molecular complexity index is 516. The molecule has 2 heteroatoms. The van der Waals surface area contributed by atoms with Crippen LogP contribution in [0.5, 0.6) is 0 Å². The van der Waals surface area contributed by atoms with Gasteiger partial charge in [-0.2, -0.15) is 0 Å². The van der Waals surface area contributed by atoms with E-state index in [1.807, 2.05) is 45.0 Å². The molecule has 1 atom stereocenters. The molecule has 0 aliphatic carbocycles. The Morgan fingerprint density at radius 1 is 1.23 bits per heavy atom. The predicted octanol–water partition coefficient (Wildman–Crippen LogP) is 5.25. The Hall–Kier alpha value is -1.12. The summed E-state index contributed by atoms with van der Waals surface area (Å²) in [7, 11) is 0. The Kier molecular flexibility index (Phi) is 7.14. The van der Waals surface area contributed by atoms with E-state index >= 15 is 0 Å². The van der Waals surface area contributed by atoms with Crippen molar-refractivity contribution in [3.63, 3.8) is 0 Å². The van der Waals surface area contributed by atoms with Crippen LogP contribution in [0.4, 0.5) is 0 Å². The maximum atomic E-state index is 10.9. The van der Waals surface area contributed by atoms with Gasteiger partial charge in [-0.25, -0.2) is 0 Å². The first kappa shape index (κ1) is 17.2. The van der Waals surface area contributed by atoms with Gasteiger partial charge in [-0.3, -0.25) is 0 Å². The molecular formula is C20H32O2. The lowest BCUT2D eigenvalue weighted by molar-refractivity contribution is 0.0711. The molecule has 1 rings (SSSR count). The van der Waals surface area contributed by atoms with Crippen LogP contribution in [0.3, 0.4) is 0 Å². The number of hydrogen-bond acceptors (Lipinski definition) is 2. The molecule has 0 radical (unpaired) electrons. The summed E-state index contributed by atoms with van der Waals surface area (Å²) in [6.45, 7) is 8.01. The molecule has 0 fully saturated rings. The molecule has 1 aromatic rings. The molecule has 1 unspecified atom stereocenters. The third kappa shape index (κ3) is 5.58. The van der Waals surface area contributed by atoms with Crippen LogP contribution >= 0.6 is 0 Å². The van der Waals surface area contributed by atoms with E-state index < -0.39 is 11.7 Å². The molecule has 0 bridgehead atoms. The maximum absolute atomic E-state index is 10.9. The van der Waals surface area contributed by atoms with E-state index in [0.717, 1.165) is 42.4 Å². The minimum absolute atomic E-state index is 0.309. The lowest BCUT2D eigenvalue weighted by atomic mass is 9.88. The number of aliphatic hydroxyl groups excluding tert-OH is 1. The fourth-order valence-corrected chi connectivity index (χ4v) is 2.92. The van der Waals surface area contributed by atoms with Crippen molar-refractivity contribution in [3.8, 4) is 0 Å². The van der Waals surface area contributed by atoms with Crippen LogP contribution in [0.1, 0.15) is 84.8 Å².